The number of rotatable bonds is 4. The van der Waals surface area contributed by atoms with Gasteiger partial charge in [-0.25, -0.2) is 0 Å². The molecule has 3 rings (SSSR count). The van der Waals surface area contributed by atoms with Crippen molar-refractivity contribution >= 4 is 74.2 Å². The molecule has 1 saturated heterocycles. The van der Waals surface area contributed by atoms with Crippen LogP contribution >= 0.6 is 46.8 Å². The van der Waals surface area contributed by atoms with Gasteiger partial charge >= 0.3 is 0 Å². The Kier molecular flexibility index (Phi) is 4.57. The molecule has 0 spiro atoms. The van der Waals surface area contributed by atoms with Gasteiger partial charge in [0.1, 0.15) is 10.9 Å². The van der Waals surface area contributed by atoms with E-state index in [1.54, 1.807) is 6.08 Å². The number of carbonyl (C=O) groups excluding carboxylic acids is 2. The van der Waals surface area contributed by atoms with Crippen LogP contribution in [0.2, 0.25) is 0 Å². The maximum atomic E-state index is 12.3. The van der Waals surface area contributed by atoms with Crippen molar-refractivity contribution in [3.8, 4) is 0 Å². The molecule has 1 aliphatic rings. The standard InChI is InChI=1S/C11H7N5O2S4/c17-8(12-10-13-14-15-22-10)5-16-9(18)7(21-11(16)19)4-6-2-1-3-20-6/h1-4H,5H2,(H,12,13,15,17)/b7-4-. The lowest BCUT2D eigenvalue weighted by molar-refractivity contribution is -0.126. The molecule has 2 amide bonds. The van der Waals surface area contributed by atoms with Crippen LogP contribution in [-0.4, -0.2) is 42.4 Å². The zero-order valence-corrected chi connectivity index (χ0v) is 14.0. The number of amides is 2. The molecule has 0 atom stereocenters. The van der Waals surface area contributed by atoms with E-state index in [0.29, 0.717) is 9.23 Å². The van der Waals surface area contributed by atoms with Crippen molar-refractivity contribution in [2.24, 2.45) is 0 Å². The smallest absolute Gasteiger partial charge is 0.266 e. The Labute approximate surface area is 142 Å². The second-order valence-corrected chi connectivity index (χ2v) is 7.39. The third-order valence-electron chi connectivity index (χ3n) is 2.54. The van der Waals surface area contributed by atoms with Crippen LogP contribution in [0.1, 0.15) is 4.88 Å². The first kappa shape index (κ1) is 15.2. The van der Waals surface area contributed by atoms with E-state index in [2.05, 4.69) is 20.1 Å². The van der Waals surface area contributed by atoms with Crippen LogP contribution in [0.5, 0.6) is 0 Å². The normalized spacial score (nSPS) is 16.5. The summed E-state index contributed by atoms with van der Waals surface area (Å²) in [6.07, 6.45) is 1.77. The van der Waals surface area contributed by atoms with E-state index >= 15 is 0 Å². The number of carbonyl (C=O) groups is 2. The van der Waals surface area contributed by atoms with E-state index in [4.69, 9.17) is 12.2 Å². The Bertz CT molecular complexity index is 741. The zero-order chi connectivity index (χ0) is 15.5. The lowest BCUT2D eigenvalue weighted by Gasteiger charge is -2.12. The van der Waals surface area contributed by atoms with E-state index in [-0.39, 0.29) is 17.6 Å². The Morgan fingerprint density at radius 2 is 2.36 bits per heavy atom. The number of hydrogen-bond acceptors (Lipinski definition) is 9. The van der Waals surface area contributed by atoms with Crippen LogP contribution in [0.25, 0.3) is 6.08 Å². The molecule has 112 valence electrons. The van der Waals surface area contributed by atoms with Crippen molar-refractivity contribution in [1.29, 1.82) is 0 Å². The number of thiophene rings is 1. The van der Waals surface area contributed by atoms with Crippen LogP contribution in [-0.2, 0) is 9.59 Å². The third-order valence-corrected chi connectivity index (χ3v) is 5.25. The summed E-state index contributed by atoms with van der Waals surface area (Å²) in [4.78, 5) is 27.0. The van der Waals surface area contributed by atoms with Crippen LogP contribution in [0, 0.1) is 0 Å². The lowest BCUT2D eigenvalue weighted by atomic mass is 10.3. The van der Waals surface area contributed by atoms with Crippen LogP contribution in [0.4, 0.5) is 5.13 Å². The van der Waals surface area contributed by atoms with Gasteiger partial charge in [-0.05, 0) is 22.7 Å². The number of thioether (sulfide) groups is 1. The Morgan fingerprint density at radius 1 is 1.50 bits per heavy atom. The summed E-state index contributed by atoms with van der Waals surface area (Å²) in [7, 11) is 0. The molecule has 0 aromatic carbocycles. The molecule has 0 bridgehead atoms. The van der Waals surface area contributed by atoms with Crippen molar-refractivity contribution in [3.05, 3.63) is 27.3 Å². The molecule has 0 aliphatic carbocycles. The maximum absolute atomic E-state index is 12.3. The summed E-state index contributed by atoms with van der Waals surface area (Å²) in [6.45, 7) is -0.161. The molecule has 22 heavy (non-hydrogen) atoms. The van der Waals surface area contributed by atoms with Gasteiger partial charge < -0.3 is 0 Å². The van der Waals surface area contributed by atoms with E-state index in [9.17, 15) is 9.59 Å². The lowest BCUT2D eigenvalue weighted by Crippen LogP contribution is -2.36. The van der Waals surface area contributed by atoms with Gasteiger partial charge in [0.2, 0.25) is 11.0 Å². The fourth-order valence-corrected chi connectivity index (χ4v) is 3.98. The highest BCUT2D eigenvalue weighted by Crippen LogP contribution is 2.33. The van der Waals surface area contributed by atoms with Gasteiger partial charge in [0.05, 0.1) is 4.91 Å². The average molecular weight is 369 g/mol. The minimum atomic E-state index is -0.396. The molecule has 1 N–H and O–H groups in total. The van der Waals surface area contributed by atoms with Crippen LogP contribution in [0.15, 0.2) is 22.4 Å². The Hall–Kier alpha value is -1.69. The van der Waals surface area contributed by atoms with E-state index in [0.717, 1.165) is 16.4 Å². The highest BCUT2D eigenvalue weighted by molar-refractivity contribution is 8.26. The summed E-state index contributed by atoms with van der Waals surface area (Å²) < 4.78 is 3.90. The number of thiocarbonyl (C=S) groups is 1. The number of nitrogens with zero attached hydrogens (tertiary/aromatic N) is 4. The van der Waals surface area contributed by atoms with E-state index in [1.165, 1.54) is 28.0 Å². The maximum Gasteiger partial charge on any atom is 0.266 e. The van der Waals surface area contributed by atoms with E-state index in [1.807, 2.05) is 17.5 Å². The largest absolute Gasteiger partial charge is 0.298 e. The molecule has 3 heterocycles. The van der Waals surface area contributed by atoms with Gasteiger partial charge in [-0.15, -0.1) is 11.3 Å². The molecule has 7 nitrogen and oxygen atoms in total. The second-order valence-electron chi connectivity index (χ2n) is 4.00. The minimum Gasteiger partial charge on any atom is -0.298 e. The van der Waals surface area contributed by atoms with Crippen molar-refractivity contribution < 1.29 is 9.59 Å². The molecule has 2 aromatic rings. The van der Waals surface area contributed by atoms with Crippen molar-refractivity contribution in [3.63, 3.8) is 0 Å². The first-order valence-corrected chi connectivity index (χ1v) is 8.75. The Morgan fingerprint density at radius 3 is 3.05 bits per heavy atom. The summed E-state index contributed by atoms with van der Waals surface area (Å²) >= 11 is 8.84. The molecule has 11 heteroatoms. The quantitative estimate of drug-likeness (QED) is 0.650. The number of hydrogen-bond donors (Lipinski definition) is 1. The van der Waals surface area contributed by atoms with Crippen molar-refractivity contribution in [2.45, 2.75) is 0 Å². The van der Waals surface area contributed by atoms with Gasteiger partial charge in [0.25, 0.3) is 5.91 Å². The zero-order valence-electron chi connectivity index (χ0n) is 10.8. The van der Waals surface area contributed by atoms with Gasteiger partial charge in [-0.2, -0.15) is 0 Å². The monoisotopic (exact) mass is 369 g/mol. The minimum absolute atomic E-state index is 0.161. The van der Waals surface area contributed by atoms with Crippen LogP contribution < -0.4 is 5.32 Å². The first-order chi connectivity index (χ1) is 10.6. The molecular weight excluding hydrogens is 362 g/mol. The van der Waals surface area contributed by atoms with Crippen LogP contribution in [0.3, 0.4) is 0 Å². The highest BCUT2D eigenvalue weighted by Gasteiger charge is 2.33. The highest BCUT2D eigenvalue weighted by atomic mass is 32.2. The van der Waals surface area contributed by atoms with E-state index < -0.39 is 5.91 Å². The summed E-state index contributed by atoms with van der Waals surface area (Å²) in [6, 6.07) is 3.81. The van der Waals surface area contributed by atoms with Gasteiger partial charge in [0.15, 0.2) is 0 Å². The number of nitrogens with one attached hydrogen (secondary N) is 1. The van der Waals surface area contributed by atoms with Gasteiger partial charge in [-0.1, -0.05) is 39.6 Å². The predicted molar refractivity (Wildman–Crippen MR) is 90.5 cm³/mol. The fourth-order valence-electron chi connectivity index (χ4n) is 1.62. The second kappa shape index (κ2) is 6.60. The number of anilines is 1. The molecular formula is C11H7N5O2S4. The van der Waals surface area contributed by atoms with Crippen molar-refractivity contribution in [2.75, 3.05) is 11.9 Å². The average Bonchev–Trinajstić information content (AvgIpc) is 3.20. The van der Waals surface area contributed by atoms with Gasteiger partial charge in [0, 0.05) is 16.4 Å². The summed E-state index contributed by atoms with van der Waals surface area (Å²) in [5, 5.41) is 11.7. The van der Waals surface area contributed by atoms with Gasteiger partial charge in [-0.3, -0.25) is 19.8 Å². The van der Waals surface area contributed by atoms with Crippen molar-refractivity contribution in [1.82, 2.24) is 19.7 Å². The summed E-state index contributed by atoms with van der Waals surface area (Å²) in [5.41, 5.74) is 0. The summed E-state index contributed by atoms with van der Waals surface area (Å²) in [5.74, 6) is -0.666. The molecule has 0 radical (unpaired) electrons. The molecule has 0 unspecified atom stereocenters. The topological polar surface area (TPSA) is 88.1 Å². The SMILES string of the molecule is O=C(CN1C(=O)/C(=C/c2cccs2)SC1=S)Nc1nnns1. The molecule has 0 saturated carbocycles. The molecule has 1 aliphatic heterocycles. The molecule has 1 fully saturated rings. The first-order valence-electron chi connectivity index (χ1n) is 5.87. The fraction of sp³-hybridized carbons (Fsp3) is 0.0909. The number of aromatic nitrogens is 3. The third kappa shape index (κ3) is 3.38. The predicted octanol–water partition coefficient (Wildman–Crippen LogP) is 1.83. The Balaban J connectivity index is 1.68. The molecule has 2 aromatic heterocycles.